The molecular weight excluding hydrogens is 601 g/mol. The van der Waals surface area contributed by atoms with Crippen molar-refractivity contribution in [1.82, 2.24) is 9.97 Å². The predicted octanol–water partition coefficient (Wildman–Crippen LogP) is 12.1. The summed E-state index contributed by atoms with van der Waals surface area (Å²) in [4.78, 5) is 19.5. The van der Waals surface area contributed by atoms with Gasteiger partial charge in [0.1, 0.15) is 0 Å². The Bertz CT molecular complexity index is 1450. The molecule has 3 heterocycles. The third-order valence-corrected chi connectivity index (χ3v) is 10.8. The highest BCUT2D eigenvalue weighted by atomic mass is 32.1. The molecule has 0 spiro atoms. The highest BCUT2D eigenvalue weighted by Gasteiger charge is 2.12. The van der Waals surface area contributed by atoms with Crippen LogP contribution in [0.2, 0.25) is 0 Å². The molecule has 0 bridgehead atoms. The van der Waals surface area contributed by atoms with E-state index in [0.717, 1.165) is 47.3 Å². The van der Waals surface area contributed by atoms with Gasteiger partial charge in [0.05, 0.1) is 33.5 Å². The van der Waals surface area contributed by atoms with E-state index in [2.05, 4.69) is 110 Å². The van der Waals surface area contributed by atoms with Crippen molar-refractivity contribution in [3.63, 3.8) is 0 Å². The number of rotatable bonds is 18. The molecule has 5 rings (SSSR count). The molecule has 6 heteroatoms. The summed E-state index contributed by atoms with van der Waals surface area (Å²) in [5.41, 5.74) is 7.01. The van der Waals surface area contributed by atoms with Gasteiger partial charge in [0.2, 0.25) is 0 Å². The zero-order chi connectivity index (χ0) is 32.1. The fraction of sp³-hybridized carbons (Fsp3) is 0.400. The lowest BCUT2D eigenvalue weighted by Gasteiger charge is -2.24. The summed E-state index contributed by atoms with van der Waals surface area (Å²) in [6.45, 7) is 13.6. The Kier molecular flexibility index (Phi) is 12.8. The quantitative estimate of drug-likeness (QED) is 0.0944. The second kappa shape index (κ2) is 17.4. The average Bonchev–Trinajstić information content (AvgIpc) is 3.80. The average molecular weight is 651 g/mol. The van der Waals surface area contributed by atoms with Crippen molar-refractivity contribution in [3.8, 4) is 42.0 Å². The van der Waals surface area contributed by atoms with Gasteiger partial charge in [-0.2, -0.15) is 0 Å². The minimum Gasteiger partial charge on any atom is -0.372 e. The van der Waals surface area contributed by atoms with Crippen LogP contribution in [0.5, 0.6) is 0 Å². The van der Waals surface area contributed by atoms with Crippen LogP contribution in [0, 0.1) is 0 Å². The van der Waals surface area contributed by atoms with Gasteiger partial charge in [-0.25, -0.2) is 0 Å². The zero-order valence-corrected chi connectivity index (χ0v) is 29.8. The number of aromatic nitrogens is 2. The first kappa shape index (κ1) is 33.9. The molecule has 0 N–H and O–H groups in total. The van der Waals surface area contributed by atoms with Crippen LogP contribution in [0.15, 0.2) is 85.2 Å². The summed E-state index contributed by atoms with van der Waals surface area (Å²) in [5.74, 6) is 0. The van der Waals surface area contributed by atoms with Gasteiger partial charge in [0.15, 0.2) is 0 Å². The van der Waals surface area contributed by atoms with E-state index in [4.69, 9.17) is 9.97 Å². The summed E-state index contributed by atoms with van der Waals surface area (Å²) in [7, 11) is 0. The van der Waals surface area contributed by atoms with Crippen molar-refractivity contribution in [1.29, 1.82) is 0 Å². The van der Waals surface area contributed by atoms with E-state index in [1.807, 2.05) is 12.4 Å². The molecule has 5 aromatic rings. The molecule has 0 saturated heterocycles. The normalized spacial score (nSPS) is 11.2. The zero-order valence-electron chi connectivity index (χ0n) is 28.2. The SMILES string of the molecule is CCCCN(CCCC)c1ccc(-c2ccc(-c3cnc(-c4ccc(-c5ccc(N(CCCC)CCCC)cc5)s4)cn3)s2)cc1. The molecule has 0 amide bonds. The lowest BCUT2D eigenvalue weighted by molar-refractivity contribution is 0.678. The van der Waals surface area contributed by atoms with Crippen LogP contribution < -0.4 is 9.80 Å². The van der Waals surface area contributed by atoms with E-state index in [-0.39, 0.29) is 0 Å². The number of thiophene rings is 2. The van der Waals surface area contributed by atoms with Gasteiger partial charge in [-0.1, -0.05) is 77.6 Å². The molecule has 4 nitrogen and oxygen atoms in total. The number of unbranched alkanes of at least 4 members (excludes halogenated alkanes) is 4. The minimum absolute atomic E-state index is 0.921. The topological polar surface area (TPSA) is 32.3 Å². The number of anilines is 2. The van der Waals surface area contributed by atoms with Crippen LogP contribution in [0.25, 0.3) is 42.0 Å². The van der Waals surface area contributed by atoms with Gasteiger partial charge >= 0.3 is 0 Å². The molecule has 0 aliphatic carbocycles. The third kappa shape index (κ3) is 8.86. The Balaban J connectivity index is 1.24. The van der Waals surface area contributed by atoms with E-state index < -0.39 is 0 Å². The minimum atomic E-state index is 0.921. The van der Waals surface area contributed by atoms with Crippen LogP contribution in [-0.2, 0) is 0 Å². The van der Waals surface area contributed by atoms with Gasteiger partial charge < -0.3 is 9.80 Å². The third-order valence-electron chi connectivity index (χ3n) is 8.53. The van der Waals surface area contributed by atoms with Gasteiger partial charge in [0.25, 0.3) is 0 Å². The number of benzene rings is 2. The molecule has 0 saturated carbocycles. The summed E-state index contributed by atoms with van der Waals surface area (Å²) in [6.07, 6.45) is 13.7. The molecule has 242 valence electrons. The Labute approximate surface area is 285 Å². The van der Waals surface area contributed by atoms with Crippen LogP contribution in [-0.4, -0.2) is 36.1 Å². The first-order chi connectivity index (χ1) is 22.6. The predicted molar refractivity (Wildman–Crippen MR) is 204 cm³/mol. The highest BCUT2D eigenvalue weighted by Crippen LogP contribution is 2.37. The Morgan fingerprint density at radius 3 is 1.07 bits per heavy atom. The summed E-state index contributed by atoms with van der Waals surface area (Å²) in [5, 5.41) is 0. The molecule has 3 aromatic heterocycles. The maximum absolute atomic E-state index is 4.83. The van der Waals surface area contributed by atoms with Gasteiger partial charge in [-0.05, 0) is 85.3 Å². The van der Waals surface area contributed by atoms with Crippen molar-refractivity contribution in [2.75, 3.05) is 36.0 Å². The van der Waals surface area contributed by atoms with Crippen molar-refractivity contribution in [3.05, 3.63) is 85.2 Å². The maximum Gasteiger partial charge on any atom is 0.0985 e. The molecule has 46 heavy (non-hydrogen) atoms. The molecule has 0 fully saturated rings. The van der Waals surface area contributed by atoms with E-state index in [1.54, 1.807) is 22.7 Å². The molecule has 2 aromatic carbocycles. The standard InChI is InChI=1S/C40H50N4S2/c1-5-9-25-43(26-10-6-2)33-17-13-31(14-18-33)37-21-23-39(45-37)35-29-42-36(30-41-35)40-24-22-38(46-40)32-15-19-34(20-16-32)44(27-11-7-3)28-12-8-4/h13-24,29-30H,5-12,25-28H2,1-4H3. The van der Waals surface area contributed by atoms with Crippen molar-refractivity contribution in [2.45, 2.75) is 79.1 Å². The molecule has 0 unspecified atom stereocenters. The first-order valence-electron chi connectivity index (χ1n) is 17.4. The smallest absolute Gasteiger partial charge is 0.0985 e. The summed E-state index contributed by atoms with van der Waals surface area (Å²) >= 11 is 3.56. The monoisotopic (exact) mass is 650 g/mol. The van der Waals surface area contributed by atoms with Crippen LogP contribution in [0.1, 0.15) is 79.1 Å². The van der Waals surface area contributed by atoms with Crippen molar-refractivity contribution in [2.24, 2.45) is 0 Å². The Hall–Kier alpha value is -3.48. The first-order valence-corrected chi connectivity index (χ1v) is 19.0. The van der Waals surface area contributed by atoms with E-state index in [1.165, 1.54) is 83.6 Å². The fourth-order valence-corrected chi connectivity index (χ4v) is 7.60. The maximum atomic E-state index is 4.83. The molecule has 0 aliphatic rings. The summed E-state index contributed by atoms with van der Waals surface area (Å²) < 4.78 is 0. The fourth-order valence-electron chi connectivity index (χ4n) is 5.65. The van der Waals surface area contributed by atoms with E-state index in [0.29, 0.717) is 0 Å². The molecular formula is C40H50N4S2. The second-order valence-corrected chi connectivity index (χ2v) is 14.3. The lowest BCUT2D eigenvalue weighted by Crippen LogP contribution is -2.25. The Morgan fingerprint density at radius 1 is 0.435 bits per heavy atom. The van der Waals surface area contributed by atoms with Gasteiger partial charge in [0, 0.05) is 47.3 Å². The lowest BCUT2D eigenvalue weighted by atomic mass is 10.1. The second-order valence-electron chi connectivity index (χ2n) is 12.1. The van der Waals surface area contributed by atoms with E-state index >= 15 is 0 Å². The molecule has 0 atom stereocenters. The van der Waals surface area contributed by atoms with Crippen LogP contribution >= 0.6 is 22.7 Å². The number of hydrogen-bond donors (Lipinski definition) is 0. The van der Waals surface area contributed by atoms with Crippen LogP contribution in [0.4, 0.5) is 11.4 Å². The number of hydrogen-bond acceptors (Lipinski definition) is 6. The Morgan fingerprint density at radius 2 is 0.761 bits per heavy atom. The largest absolute Gasteiger partial charge is 0.372 e. The van der Waals surface area contributed by atoms with E-state index in [9.17, 15) is 0 Å². The van der Waals surface area contributed by atoms with Gasteiger partial charge in [-0.15, -0.1) is 22.7 Å². The van der Waals surface area contributed by atoms with Crippen molar-refractivity contribution < 1.29 is 0 Å². The number of nitrogens with zero attached hydrogens (tertiary/aromatic N) is 4. The molecule has 0 radical (unpaired) electrons. The molecule has 0 aliphatic heterocycles. The summed E-state index contributed by atoms with van der Waals surface area (Å²) in [6, 6.07) is 27.0. The van der Waals surface area contributed by atoms with Crippen LogP contribution in [0.3, 0.4) is 0 Å². The van der Waals surface area contributed by atoms with Gasteiger partial charge in [-0.3, -0.25) is 9.97 Å². The van der Waals surface area contributed by atoms with Crippen molar-refractivity contribution >= 4 is 34.0 Å². The highest BCUT2D eigenvalue weighted by molar-refractivity contribution is 7.19.